The third-order valence-corrected chi connectivity index (χ3v) is 4.25. The zero-order valence-electron chi connectivity index (χ0n) is 13.3. The molecule has 0 radical (unpaired) electrons. The lowest BCUT2D eigenvalue weighted by molar-refractivity contribution is 0.135. The number of rotatable bonds is 5. The van der Waals surface area contributed by atoms with Crippen LogP contribution in [0.25, 0.3) is 11.3 Å². The number of hydrogen-bond acceptors (Lipinski definition) is 5. The van der Waals surface area contributed by atoms with Gasteiger partial charge in [-0.3, -0.25) is 9.91 Å². The first-order chi connectivity index (χ1) is 11.2. The van der Waals surface area contributed by atoms with Crippen LogP contribution in [0.1, 0.15) is 12.7 Å². The van der Waals surface area contributed by atoms with Crippen molar-refractivity contribution in [2.45, 2.75) is 13.3 Å². The highest BCUT2D eigenvalue weighted by molar-refractivity contribution is 6.30. The van der Waals surface area contributed by atoms with Crippen molar-refractivity contribution in [2.24, 2.45) is 5.10 Å². The van der Waals surface area contributed by atoms with Crippen LogP contribution in [-0.4, -0.2) is 54.0 Å². The molecule has 0 saturated carbocycles. The SMILES string of the molecule is C/C=N\N1CCN(CCc2cc(-c3ccc(Cl)cc3)no2)CC1. The van der Waals surface area contributed by atoms with Gasteiger partial charge in [0.05, 0.1) is 0 Å². The van der Waals surface area contributed by atoms with Crippen molar-refractivity contribution in [3.63, 3.8) is 0 Å². The smallest absolute Gasteiger partial charge is 0.138 e. The molecule has 0 atom stereocenters. The molecule has 2 heterocycles. The van der Waals surface area contributed by atoms with Gasteiger partial charge in [-0.1, -0.05) is 28.9 Å². The predicted octanol–water partition coefficient (Wildman–Crippen LogP) is 3.16. The van der Waals surface area contributed by atoms with Gasteiger partial charge in [0.15, 0.2) is 0 Å². The van der Waals surface area contributed by atoms with Crippen molar-refractivity contribution in [1.82, 2.24) is 15.1 Å². The van der Waals surface area contributed by atoms with Crippen molar-refractivity contribution in [3.8, 4) is 11.3 Å². The van der Waals surface area contributed by atoms with Crippen LogP contribution in [0.4, 0.5) is 0 Å². The van der Waals surface area contributed by atoms with E-state index in [4.69, 9.17) is 16.1 Å². The van der Waals surface area contributed by atoms with E-state index in [1.807, 2.05) is 43.5 Å². The van der Waals surface area contributed by atoms with E-state index in [1.165, 1.54) is 0 Å². The number of hydrogen-bond donors (Lipinski definition) is 0. The molecular weight excluding hydrogens is 312 g/mol. The molecule has 1 saturated heterocycles. The number of hydrazone groups is 1. The third kappa shape index (κ3) is 4.33. The topological polar surface area (TPSA) is 44.9 Å². The molecule has 2 aromatic rings. The Hall–Kier alpha value is -1.85. The Labute approximate surface area is 141 Å². The molecule has 0 amide bonds. The monoisotopic (exact) mass is 332 g/mol. The quantitative estimate of drug-likeness (QED) is 0.789. The summed E-state index contributed by atoms with van der Waals surface area (Å²) < 4.78 is 5.46. The molecule has 1 fully saturated rings. The molecule has 122 valence electrons. The first kappa shape index (κ1) is 16.0. The Morgan fingerprint density at radius 1 is 1.22 bits per heavy atom. The van der Waals surface area contributed by atoms with Crippen LogP contribution in [0.15, 0.2) is 40.0 Å². The molecule has 0 spiro atoms. The van der Waals surface area contributed by atoms with E-state index in [0.29, 0.717) is 0 Å². The lowest BCUT2D eigenvalue weighted by Crippen LogP contribution is -2.44. The molecule has 5 nitrogen and oxygen atoms in total. The Bertz CT molecular complexity index is 645. The van der Waals surface area contributed by atoms with Gasteiger partial charge < -0.3 is 4.52 Å². The molecule has 23 heavy (non-hydrogen) atoms. The minimum atomic E-state index is 0.726. The maximum atomic E-state index is 5.91. The Balaban J connectivity index is 1.51. The Morgan fingerprint density at radius 3 is 2.65 bits per heavy atom. The van der Waals surface area contributed by atoms with Crippen LogP contribution in [0.5, 0.6) is 0 Å². The average molecular weight is 333 g/mol. The van der Waals surface area contributed by atoms with Crippen molar-refractivity contribution in [3.05, 3.63) is 41.1 Å². The maximum absolute atomic E-state index is 5.91. The van der Waals surface area contributed by atoms with Crippen molar-refractivity contribution in [2.75, 3.05) is 32.7 Å². The molecule has 0 aliphatic carbocycles. The fraction of sp³-hybridized carbons (Fsp3) is 0.412. The van der Waals surface area contributed by atoms with Gasteiger partial charge in [-0.2, -0.15) is 5.10 Å². The summed E-state index contributed by atoms with van der Waals surface area (Å²) in [4.78, 5) is 2.44. The summed E-state index contributed by atoms with van der Waals surface area (Å²) in [6.45, 7) is 6.98. The van der Waals surface area contributed by atoms with Crippen LogP contribution < -0.4 is 0 Å². The van der Waals surface area contributed by atoms with Gasteiger partial charge in [-0.25, -0.2) is 0 Å². The summed E-state index contributed by atoms with van der Waals surface area (Å²) >= 11 is 5.91. The molecule has 3 rings (SSSR count). The van der Waals surface area contributed by atoms with Crippen LogP contribution in [0.2, 0.25) is 5.02 Å². The van der Waals surface area contributed by atoms with E-state index in [1.54, 1.807) is 0 Å². The fourth-order valence-electron chi connectivity index (χ4n) is 2.70. The minimum Gasteiger partial charge on any atom is -0.361 e. The van der Waals surface area contributed by atoms with E-state index in [2.05, 4.69) is 20.2 Å². The summed E-state index contributed by atoms with van der Waals surface area (Å²) in [5.74, 6) is 0.920. The molecule has 1 aromatic carbocycles. The van der Waals surface area contributed by atoms with Crippen LogP contribution in [-0.2, 0) is 6.42 Å². The first-order valence-electron chi connectivity index (χ1n) is 7.92. The largest absolute Gasteiger partial charge is 0.361 e. The van der Waals surface area contributed by atoms with Gasteiger partial charge in [0, 0.05) is 62.0 Å². The number of benzene rings is 1. The highest BCUT2D eigenvalue weighted by Crippen LogP contribution is 2.21. The number of halogens is 1. The summed E-state index contributed by atoms with van der Waals surface area (Å²) in [5, 5.41) is 11.3. The molecule has 0 bridgehead atoms. The van der Waals surface area contributed by atoms with E-state index in [0.717, 1.165) is 61.2 Å². The van der Waals surface area contributed by atoms with Crippen molar-refractivity contribution in [1.29, 1.82) is 0 Å². The molecule has 6 heteroatoms. The van der Waals surface area contributed by atoms with Crippen LogP contribution in [0, 0.1) is 0 Å². The van der Waals surface area contributed by atoms with Gasteiger partial charge in [0.1, 0.15) is 11.5 Å². The van der Waals surface area contributed by atoms with E-state index >= 15 is 0 Å². The number of nitrogens with zero attached hydrogens (tertiary/aromatic N) is 4. The zero-order chi connectivity index (χ0) is 16.1. The standard InChI is InChI=1S/C17H21ClN4O/c1-2-19-22-11-9-21(10-12-22)8-7-16-13-17(20-23-16)14-3-5-15(18)6-4-14/h2-6,13H,7-12H2,1H3/b19-2-. The second-order valence-corrected chi connectivity index (χ2v) is 6.04. The van der Waals surface area contributed by atoms with Crippen LogP contribution in [0.3, 0.4) is 0 Å². The summed E-state index contributed by atoms with van der Waals surface area (Å²) in [6.07, 6.45) is 2.72. The van der Waals surface area contributed by atoms with Crippen molar-refractivity contribution >= 4 is 17.8 Å². The first-order valence-corrected chi connectivity index (χ1v) is 8.30. The molecule has 1 aliphatic heterocycles. The summed E-state index contributed by atoms with van der Waals surface area (Å²) in [6, 6.07) is 9.66. The van der Waals surface area contributed by atoms with Gasteiger partial charge in [0.25, 0.3) is 0 Å². The molecule has 0 unspecified atom stereocenters. The van der Waals surface area contributed by atoms with Crippen LogP contribution >= 0.6 is 11.6 Å². The highest BCUT2D eigenvalue weighted by Gasteiger charge is 2.16. The second kappa shape index (κ2) is 7.62. The van der Waals surface area contributed by atoms with E-state index in [9.17, 15) is 0 Å². The average Bonchev–Trinajstić information content (AvgIpc) is 3.04. The number of piperazine rings is 1. The Kier molecular flexibility index (Phi) is 5.31. The molecule has 1 aromatic heterocycles. The lowest BCUT2D eigenvalue weighted by Gasteiger charge is -2.32. The second-order valence-electron chi connectivity index (χ2n) is 5.60. The number of aromatic nitrogens is 1. The van der Waals surface area contributed by atoms with E-state index in [-0.39, 0.29) is 0 Å². The van der Waals surface area contributed by atoms with E-state index < -0.39 is 0 Å². The summed E-state index contributed by atoms with van der Waals surface area (Å²) in [7, 11) is 0. The van der Waals surface area contributed by atoms with Gasteiger partial charge >= 0.3 is 0 Å². The fourth-order valence-corrected chi connectivity index (χ4v) is 2.82. The maximum Gasteiger partial charge on any atom is 0.138 e. The third-order valence-electron chi connectivity index (χ3n) is 4.00. The summed E-state index contributed by atoms with van der Waals surface area (Å²) in [5.41, 5.74) is 1.88. The minimum absolute atomic E-state index is 0.726. The van der Waals surface area contributed by atoms with Gasteiger partial charge in [-0.15, -0.1) is 0 Å². The van der Waals surface area contributed by atoms with Gasteiger partial charge in [-0.05, 0) is 19.1 Å². The molecule has 0 N–H and O–H groups in total. The van der Waals surface area contributed by atoms with Gasteiger partial charge in [0.2, 0.25) is 0 Å². The van der Waals surface area contributed by atoms with Crippen molar-refractivity contribution < 1.29 is 4.52 Å². The normalized spacial score (nSPS) is 16.3. The lowest BCUT2D eigenvalue weighted by atomic mass is 10.1. The molecular formula is C17H21ClN4O. The highest BCUT2D eigenvalue weighted by atomic mass is 35.5. The predicted molar refractivity (Wildman–Crippen MR) is 92.8 cm³/mol. The Morgan fingerprint density at radius 2 is 1.96 bits per heavy atom. The zero-order valence-corrected chi connectivity index (χ0v) is 14.0. The molecule has 1 aliphatic rings.